The van der Waals surface area contributed by atoms with Crippen LogP contribution >= 0.6 is 0 Å². The Balaban J connectivity index is 2.04. The quantitative estimate of drug-likeness (QED) is 0.316. The van der Waals surface area contributed by atoms with E-state index in [-0.39, 0.29) is 18.2 Å². The summed E-state index contributed by atoms with van der Waals surface area (Å²) in [5.74, 6) is -4.46. The van der Waals surface area contributed by atoms with E-state index in [0.29, 0.717) is 28.2 Å². The van der Waals surface area contributed by atoms with Crippen molar-refractivity contribution in [3.05, 3.63) is 47.3 Å². The zero-order valence-electron chi connectivity index (χ0n) is 17.1. The topological polar surface area (TPSA) is 96.8 Å². The van der Waals surface area contributed by atoms with Gasteiger partial charge >= 0.3 is 5.97 Å². The van der Waals surface area contributed by atoms with Crippen molar-refractivity contribution in [1.29, 1.82) is 0 Å². The lowest BCUT2D eigenvalue weighted by molar-refractivity contribution is -0.137. The van der Waals surface area contributed by atoms with Crippen molar-refractivity contribution in [2.24, 2.45) is 0 Å². The van der Waals surface area contributed by atoms with Crippen LogP contribution in [0.3, 0.4) is 0 Å². The van der Waals surface area contributed by atoms with E-state index >= 15 is 0 Å². The molecule has 0 saturated carbocycles. The van der Waals surface area contributed by atoms with Crippen LogP contribution in [0.4, 0.5) is 8.78 Å². The van der Waals surface area contributed by atoms with Gasteiger partial charge in [0, 0.05) is 18.2 Å². The van der Waals surface area contributed by atoms with Gasteiger partial charge in [-0.2, -0.15) is 4.98 Å². The van der Waals surface area contributed by atoms with E-state index in [1.807, 2.05) is 0 Å². The number of benzene rings is 2. The molecule has 0 bridgehead atoms. The predicted molar refractivity (Wildman–Crippen MR) is 105 cm³/mol. The minimum atomic E-state index is -1.43. The molecule has 0 radical (unpaired) electrons. The predicted octanol–water partition coefficient (Wildman–Crippen LogP) is 3.77. The van der Waals surface area contributed by atoms with Gasteiger partial charge in [-0.25, -0.2) is 18.6 Å². The number of nitrogens with zero attached hydrogens (tertiary/aromatic N) is 2. The van der Waals surface area contributed by atoms with Gasteiger partial charge in [0.25, 0.3) is 5.78 Å². The summed E-state index contributed by atoms with van der Waals surface area (Å²) in [6.07, 6.45) is 0. The molecule has 0 N–H and O–H groups in total. The molecule has 8 nitrogen and oxygen atoms in total. The molecule has 0 saturated heterocycles. The van der Waals surface area contributed by atoms with Crippen molar-refractivity contribution in [2.75, 3.05) is 20.8 Å². The lowest BCUT2D eigenvalue weighted by atomic mass is 10.1. The van der Waals surface area contributed by atoms with Gasteiger partial charge in [-0.15, -0.1) is 0 Å². The van der Waals surface area contributed by atoms with Crippen LogP contribution in [0.2, 0.25) is 0 Å². The lowest BCUT2D eigenvalue weighted by Gasteiger charge is -2.13. The number of aryl methyl sites for hydroxylation is 1. The van der Waals surface area contributed by atoms with Crippen molar-refractivity contribution < 1.29 is 37.3 Å². The summed E-state index contributed by atoms with van der Waals surface area (Å²) in [6.45, 7) is 2.97. The number of ether oxygens (including phenoxy) is 4. The zero-order chi connectivity index (χ0) is 22.7. The largest absolute Gasteiger partial charge is 0.493 e. The van der Waals surface area contributed by atoms with Crippen LogP contribution < -0.4 is 14.2 Å². The van der Waals surface area contributed by atoms with Crippen molar-refractivity contribution in [1.82, 2.24) is 9.97 Å². The Morgan fingerprint density at radius 1 is 0.968 bits per heavy atom. The number of halogens is 2. The molecule has 3 aromatic rings. The Hall–Kier alpha value is -3.82. The van der Waals surface area contributed by atoms with E-state index in [2.05, 4.69) is 14.7 Å². The molecular formula is C21H18F2N2O6. The molecule has 1 heterocycles. The molecule has 0 amide bonds. The molecule has 0 spiro atoms. The third-order valence-corrected chi connectivity index (χ3v) is 4.20. The van der Waals surface area contributed by atoms with Gasteiger partial charge in [0.15, 0.2) is 11.5 Å². The van der Waals surface area contributed by atoms with E-state index in [0.717, 1.165) is 12.1 Å². The smallest absolute Gasteiger partial charge is 0.379 e. The van der Waals surface area contributed by atoms with Crippen molar-refractivity contribution in [3.8, 4) is 23.1 Å². The van der Waals surface area contributed by atoms with Gasteiger partial charge in [0.2, 0.25) is 5.88 Å². The van der Waals surface area contributed by atoms with Crippen molar-refractivity contribution in [2.45, 2.75) is 13.8 Å². The molecule has 162 valence electrons. The summed E-state index contributed by atoms with van der Waals surface area (Å²) in [5, 5.41) is 0.399. The van der Waals surface area contributed by atoms with Crippen LogP contribution in [-0.2, 0) is 9.53 Å². The fourth-order valence-corrected chi connectivity index (χ4v) is 2.85. The van der Waals surface area contributed by atoms with Crippen LogP contribution in [0.1, 0.15) is 23.1 Å². The molecule has 1 aromatic heterocycles. The fraction of sp³-hybridized carbons (Fsp3) is 0.238. The standard InChI is InChI=1S/C21H18F2N2O6/c1-5-30-21(27)19(26)18-13(22)6-11(7-14(18)23)31-20-12-8-16(28-3)17(29-4)9-15(12)24-10(2)25-20/h6-9H,5H2,1-4H3. The Morgan fingerprint density at radius 2 is 1.58 bits per heavy atom. The minimum Gasteiger partial charge on any atom is -0.493 e. The summed E-state index contributed by atoms with van der Waals surface area (Å²) >= 11 is 0. The van der Waals surface area contributed by atoms with Crippen LogP contribution in [0.5, 0.6) is 23.1 Å². The van der Waals surface area contributed by atoms with Crippen molar-refractivity contribution in [3.63, 3.8) is 0 Å². The number of fused-ring (bicyclic) bond motifs is 1. The van der Waals surface area contributed by atoms with Crippen LogP contribution in [0.15, 0.2) is 24.3 Å². The number of esters is 1. The first-order valence-electron chi connectivity index (χ1n) is 9.07. The summed E-state index contributed by atoms with van der Waals surface area (Å²) in [6, 6.07) is 4.73. The molecule has 0 aliphatic heterocycles. The highest BCUT2D eigenvalue weighted by Crippen LogP contribution is 2.36. The number of Topliss-reactive ketones (excluding diaryl/α,β-unsaturated/α-hetero) is 1. The third kappa shape index (κ3) is 4.37. The highest BCUT2D eigenvalue weighted by molar-refractivity contribution is 6.40. The first-order valence-corrected chi connectivity index (χ1v) is 9.07. The van der Waals surface area contributed by atoms with Gasteiger partial charge < -0.3 is 18.9 Å². The molecular weight excluding hydrogens is 414 g/mol. The van der Waals surface area contributed by atoms with E-state index in [1.54, 1.807) is 19.1 Å². The van der Waals surface area contributed by atoms with Crippen LogP contribution in [-0.4, -0.2) is 42.5 Å². The average molecular weight is 432 g/mol. The first kappa shape index (κ1) is 21.9. The number of carbonyl (C=O) groups excluding carboxylic acids is 2. The Morgan fingerprint density at radius 3 is 2.16 bits per heavy atom. The van der Waals surface area contributed by atoms with E-state index in [4.69, 9.17) is 14.2 Å². The molecule has 3 rings (SSSR count). The minimum absolute atomic E-state index is 0.00622. The highest BCUT2D eigenvalue weighted by atomic mass is 19.1. The molecule has 2 aromatic carbocycles. The molecule has 0 unspecified atom stereocenters. The van der Waals surface area contributed by atoms with Gasteiger partial charge in [-0.05, 0) is 19.9 Å². The Labute approximate surface area is 175 Å². The Kier molecular flexibility index (Phi) is 6.28. The SMILES string of the molecule is CCOC(=O)C(=O)c1c(F)cc(Oc2nc(C)nc3cc(OC)c(OC)cc23)cc1F. The summed E-state index contributed by atoms with van der Waals surface area (Å²) in [7, 11) is 2.92. The molecule has 10 heteroatoms. The van der Waals surface area contributed by atoms with E-state index in [9.17, 15) is 18.4 Å². The zero-order valence-corrected chi connectivity index (χ0v) is 17.1. The fourth-order valence-electron chi connectivity index (χ4n) is 2.85. The maximum atomic E-state index is 14.5. The number of rotatable bonds is 7. The second-order valence-corrected chi connectivity index (χ2v) is 6.21. The maximum Gasteiger partial charge on any atom is 0.379 e. The number of methoxy groups -OCH3 is 2. The van der Waals surface area contributed by atoms with Gasteiger partial charge in [-0.1, -0.05) is 0 Å². The molecule has 0 aliphatic rings. The van der Waals surface area contributed by atoms with Gasteiger partial charge in [-0.3, -0.25) is 4.79 Å². The molecule has 0 fully saturated rings. The molecule has 31 heavy (non-hydrogen) atoms. The number of aromatic nitrogens is 2. The van der Waals surface area contributed by atoms with Crippen LogP contribution in [0, 0.1) is 18.6 Å². The maximum absolute atomic E-state index is 14.5. The number of hydrogen-bond acceptors (Lipinski definition) is 8. The highest BCUT2D eigenvalue weighted by Gasteiger charge is 2.26. The molecule has 0 aliphatic carbocycles. The second-order valence-electron chi connectivity index (χ2n) is 6.21. The second kappa shape index (κ2) is 8.90. The third-order valence-electron chi connectivity index (χ3n) is 4.20. The normalized spacial score (nSPS) is 10.6. The van der Waals surface area contributed by atoms with Gasteiger partial charge in [0.05, 0.1) is 31.7 Å². The molecule has 0 atom stereocenters. The van der Waals surface area contributed by atoms with E-state index < -0.39 is 29.0 Å². The summed E-state index contributed by atoms with van der Waals surface area (Å²) in [4.78, 5) is 32.0. The Bertz CT molecular complexity index is 1160. The monoisotopic (exact) mass is 432 g/mol. The van der Waals surface area contributed by atoms with Crippen molar-refractivity contribution >= 4 is 22.7 Å². The van der Waals surface area contributed by atoms with Gasteiger partial charge in [0.1, 0.15) is 28.8 Å². The lowest BCUT2D eigenvalue weighted by Crippen LogP contribution is -2.20. The number of ketones is 1. The van der Waals surface area contributed by atoms with E-state index in [1.165, 1.54) is 21.1 Å². The van der Waals surface area contributed by atoms with Crippen LogP contribution in [0.25, 0.3) is 10.9 Å². The summed E-state index contributed by atoms with van der Waals surface area (Å²) in [5.41, 5.74) is -0.573. The average Bonchev–Trinajstić information content (AvgIpc) is 2.72. The summed E-state index contributed by atoms with van der Waals surface area (Å²) < 4.78 is 49.5. The first-order chi connectivity index (χ1) is 14.8. The number of carbonyl (C=O) groups is 2. The number of hydrogen-bond donors (Lipinski definition) is 0.